The maximum absolute atomic E-state index is 14.0. The molecular weight excluding hydrogens is 730 g/mol. The fraction of sp³-hybridized carbons (Fsp3) is 0.622. The minimum absolute atomic E-state index is 0.0588. The highest BCUT2D eigenvalue weighted by atomic mass is 16.4. The average Bonchev–Trinajstić information content (AvgIpc) is 3.85. The first-order valence-electron chi connectivity index (χ1n) is 19.1. The van der Waals surface area contributed by atoms with Gasteiger partial charge in [-0.1, -0.05) is 12.1 Å². The number of benzene rings is 1. The molecular formula is C37H57N9O10. The number of phenols is 1. The molecule has 2 saturated heterocycles. The summed E-state index contributed by atoms with van der Waals surface area (Å²) in [5.74, 6) is -6.20. The molecule has 2 heterocycles. The molecule has 3 rings (SSSR count). The Morgan fingerprint density at radius 1 is 0.714 bits per heavy atom. The Balaban J connectivity index is 1.84. The Morgan fingerprint density at radius 3 is 1.80 bits per heavy atom. The molecule has 56 heavy (non-hydrogen) atoms. The van der Waals surface area contributed by atoms with Crippen LogP contribution in [0.25, 0.3) is 0 Å². The van der Waals surface area contributed by atoms with Gasteiger partial charge in [0.2, 0.25) is 41.4 Å². The number of carboxylic acid groups (broad SMARTS) is 1. The first kappa shape index (κ1) is 45.1. The number of unbranched alkanes of at least 4 members (excludes halogenated alkanes) is 2. The Kier molecular flexibility index (Phi) is 18.0. The number of primary amides is 1. The second-order valence-electron chi connectivity index (χ2n) is 14.2. The summed E-state index contributed by atoms with van der Waals surface area (Å²) in [6.45, 7) is 2.79. The largest absolute Gasteiger partial charge is 0.508 e. The van der Waals surface area contributed by atoms with Crippen LogP contribution in [0.3, 0.4) is 0 Å². The van der Waals surface area contributed by atoms with E-state index in [2.05, 4.69) is 21.3 Å². The quantitative estimate of drug-likeness (QED) is 0.0582. The van der Waals surface area contributed by atoms with E-state index >= 15 is 0 Å². The maximum Gasteiger partial charge on any atom is 0.305 e. The standard InChI is InChI=1S/C37H57N9O10/c1-22(47)45-18-7-11-30(45)37(56)46-19-6-10-29(46)36(55)42-26(9-3-5-17-39)33(52)43-27(20-23-12-14-24(48)15-13-23)34(53)44-28(21-31(49)50)35(54)41-25(32(40)51)8-2-4-16-38/h12-15,25-30,48H,2-11,16-21,38-39H2,1H3,(H2,40,51)(H,41,54)(H,42,55)(H,43,52)(H,44,53)(H,49,50)/t25-,26-,27-,28-,29-,30-/m0/s1. The first-order chi connectivity index (χ1) is 26.7. The van der Waals surface area contributed by atoms with E-state index in [9.17, 15) is 48.6 Å². The molecule has 12 N–H and O–H groups in total. The van der Waals surface area contributed by atoms with Crippen molar-refractivity contribution in [2.75, 3.05) is 26.2 Å². The molecule has 2 fully saturated rings. The van der Waals surface area contributed by atoms with Gasteiger partial charge in [0, 0.05) is 26.4 Å². The second-order valence-corrected chi connectivity index (χ2v) is 14.2. The van der Waals surface area contributed by atoms with Gasteiger partial charge >= 0.3 is 5.97 Å². The van der Waals surface area contributed by atoms with E-state index in [4.69, 9.17) is 17.2 Å². The van der Waals surface area contributed by atoms with E-state index in [-0.39, 0.29) is 36.8 Å². The van der Waals surface area contributed by atoms with Gasteiger partial charge in [0.05, 0.1) is 6.42 Å². The molecule has 0 saturated carbocycles. The van der Waals surface area contributed by atoms with Gasteiger partial charge in [0.25, 0.3) is 0 Å². The van der Waals surface area contributed by atoms with Crippen LogP contribution >= 0.6 is 0 Å². The number of aliphatic carboxylic acids is 1. The van der Waals surface area contributed by atoms with Crippen molar-refractivity contribution in [1.82, 2.24) is 31.1 Å². The number of nitrogens with two attached hydrogens (primary N) is 3. The second kappa shape index (κ2) is 22.3. The molecule has 0 aliphatic carbocycles. The molecule has 2 aliphatic heterocycles. The van der Waals surface area contributed by atoms with Crippen molar-refractivity contribution in [2.24, 2.45) is 17.2 Å². The molecule has 2 aliphatic rings. The molecule has 0 spiro atoms. The molecule has 19 nitrogen and oxygen atoms in total. The number of phenolic OH excluding ortho intramolecular Hbond substituents is 1. The number of amides is 7. The number of hydrogen-bond donors (Lipinski definition) is 9. The van der Waals surface area contributed by atoms with Crippen molar-refractivity contribution in [3.8, 4) is 5.75 Å². The lowest BCUT2D eigenvalue weighted by Crippen LogP contribution is -2.60. The number of carbonyl (C=O) groups excluding carboxylic acids is 7. The third-order valence-corrected chi connectivity index (χ3v) is 9.99. The van der Waals surface area contributed by atoms with E-state index in [1.807, 2.05) is 0 Å². The number of aromatic hydroxyl groups is 1. The molecule has 7 amide bonds. The van der Waals surface area contributed by atoms with Crippen LogP contribution in [0.2, 0.25) is 0 Å². The van der Waals surface area contributed by atoms with E-state index < -0.39 is 78.2 Å². The van der Waals surface area contributed by atoms with Crippen LogP contribution in [0, 0.1) is 0 Å². The zero-order chi connectivity index (χ0) is 41.4. The fourth-order valence-corrected chi connectivity index (χ4v) is 6.98. The molecule has 1 aromatic rings. The lowest BCUT2D eigenvalue weighted by Gasteiger charge is -2.31. The van der Waals surface area contributed by atoms with Crippen LogP contribution in [0.4, 0.5) is 0 Å². The Bertz CT molecular complexity index is 1560. The highest BCUT2D eigenvalue weighted by Gasteiger charge is 2.42. The van der Waals surface area contributed by atoms with Crippen LogP contribution in [-0.4, -0.2) is 130 Å². The molecule has 310 valence electrons. The zero-order valence-electron chi connectivity index (χ0n) is 31.9. The molecule has 0 aromatic heterocycles. The molecule has 1 aromatic carbocycles. The number of nitrogens with zero attached hydrogens (tertiary/aromatic N) is 2. The lowest BCUT2D eigenvalue weighted by atomic mass is 10.0. The van der Waals surface area contributed by atoms with Gasteiger partial charge in [-0.2, -0.15) is 0 Å². The van der Waals surface area contributed by atoms with Crippen molar-refractivity contribution in [2.45, 2.75) is 120 Å². The van der Waals surface area contributed by atoms with Gasteiger partial charge in [0.1, 0.15) is 42.0 Å². The Hall–Kier alpha value is -5.30. The smallest absolute Gasteiger partial charge is 0.305 e. The Morgan fingerprint density at radius 2 is 1.23 bits per heavy atom. The summed E-state index contributed by atoms with van der Waals surface area (Å²) in [6, 6.07) is -1.28. The van der Waals surface area contributed by atoms with Gasteiger partial charge in [-0.05, 0) is 95.0 Å². The Labute approximate surface area is 325 Å². The summed E-state index contributed by atoms with van der Waals surface area (Å²) in [7, 11) is 0. The fourth-order valence-electron chi connectivity index (χ4n) is 6.98. The van der Waals surface area contributed by atoms with Crippen LogP contribution in [0.1, 0.15) is 83.1 Å². The van der Waals surface area contributed by atoms with Crippen LogP contribution in [-0.2, 0) is 44.8 Å². The predicted octanol–water partition coefficient (Wildman–Crippen LogP) is -1.91. The number of hydrogen-bond acceptors (Lipinski definition) is 11. The first-order valence-corrected chi connectivity index (χ1v) is 19.1. The van der Waals surface area contributed by atoms with Gasteiger partial charge in [-0.15, -0.1) is 0 Å². The highest BCUT2D eigenvalue weighted by molar-refractivity contribution is 5.98. The van der Waals surface area contributed by atoms with Crippen molar-refractivity contribution >= 4 is 47.3 Å². The highest BCUT2D eigenvalue weighted by Crippen LogP contribution is 2.25. The molecule has 0 unspecified atom stereocenters. The SMILES string of the molecule is CC(=O)N1CCC[C@H]1C(=O)N1CCC[C@H]1C(=O)N[C@@H](CCCCN)C(=O)N[C@@H](Cc1ccc(O)cc1)C(=O)N[C@@H](CC(=O)O)C(=O)N[C@@H](CCCCN)C(N)=O. The van der Waals surface area contributed by atoms with Crippen molar-refractivity contribution in [3.63, 3.8) is 0 Å². The number of likely N-dealkylation sites (tertiary alicyclic amines) is 2. The third-order valence-electron chi connectivity index (χ3n) is 9.99. The number of carboxylic acids is 1. The minimum Gasteiger partial charge on any atom is -0.508 e. The third kappa shape index (κ3) is 13.5. The summed E-state index contributed by atoms with van der Waals surface area (Å²) < 4.78 is 0. The summed E-state index contributed by atoms with van der Waals surface area (Å²) in [5.41, 5.74) is 17.2. The van der Waals surface area contributed by atoms with Crippen molar-refractivity contribution < 1.29 is 48.6 Å². The monoisotopic (exact) mass is 787 g/mol. The maximum atomic E-state index is 14.0. The minimum atomic E-state index is -1.68. The van der Waals surface area contributed by atoms with Crippen molar-refractivity contribution in [1.29, 1.82) is 0 Å². The van der Waals surface area contributed by atoms with E-state index in [1.165, 1.54) is 41.0 Å². The van der Waals surface area contributed by atoms with Gasteiger partial charge in [-0.3, -0.25) is 38.4 Å². The summed E-state index contributed by atoms with van der Waals surface area (Å²) in [4.78, 5) is 107. The van der Waals surface area contributed by atoms with Crippen molar-refractivity contribution in [3.05, 3.63) is 29.8 Å². The van der Waals surface area contributed by atoms with E-state index in [1.54, 1.807) is 0 Å². The number of rotatable bonds is 22. The van der Waals surface area contributed by atoms with Crippen LogP contribution in [0.5, 0.6) is 5.75 Å². The van der Waals surface area contributed by atoms with Gasteiger partial charge < -0.3 is 58.5 Å². The van der Waals surface area contributed by atoms with E-state index in [0.29, 0.717) is 83.1 Å². The molecule has 19 heteroatoms. The number of nitrogens with one attached hydrogen (secondary N) is 4. The summed E-state index contributed by atoms with van der Waals surface area (Å²) in [5, 5.41) is 29.6. The average molecular weight is 788 g/mol. The predicted molar refractivity (Wildman–Crippen MR) is 202 cm³/mol. The zero-order valence-corrected chi connectivity index (χ0v) is 31.9. The van der Waals surface area contributed by atoms with E-state index in [0.717, 1.165) is 0 Å². The summed E-state index contributed by atoms with van der Waals surface area (Å²) >= 11 is 0. The molecule has 6 atom stereocenters. The van der Waals surface area contributed by atoms with Crippen LogP contribution in [0.15, 0.2) is 24.3 Å². The molecule has 0 bridgehead atoms. The van der Waals surface area contributed by atoms with Gasteiger partial charge in [-0.25, -0.2) is 0 Å². The van der Waals surface area contributed by atoms with Gasteiger partial charge in [0.15, 0.2) is 0 Å². The normalized spacial score (nSPS) is 18.6. The lowest BCUT2D eigenvalue weighted by molar-refractivity contribution is -0.146. The summed E-state index contributed by atoms with van der Waals surface area (Å²) in [6.07, 6.45) is 3.13. The number of carbonyl (C=O) groups is 8. The molecule has 0 radical (unpaired) electrons. The topological polar surface area (TPSA) is 310 Å². The van der Waals surface area contributed by atoms with Crippen LogP contribution < -0.4 is 38.5 Å².